The summed E-state index contributed by atoms with van der Waals surface area (Å²) in [6.07, 6.45) is 0. The van der Waals surface area contributed by atoms with Crippen LogP contribution in [0.4, 0.5) is 0 Å². The molecule has 9 heavy (non-hydrogen) atoms. The maximum Gasteiger partial charge on any atom is -0.0500 e. The van der Waals surface area contributed by atoms with Crippen LogP contribution in [0.15, 0.2) is 0 Å². The second-order valence-corrected chi connectivity index (χ2v) is 1.73. The lowest BCUT2D eigenvalue weighted by molar-refractivity contribution is 0.737. The van der Waals surface area contributed by atoms with Gasteiger partial charge in [0.2, 0.25) is 0 Å². The lowest BCUT2D eigenvalue weighted by Gasteiger charge is -1.79. The third-order valence-electron chi connectivity index (χ3n) is 0. The van der Waals surface area contributed by atoms with Crippen molar-refractivity contribution in [3.05, 3.63) is 0 Å². The molecule has 0 N–H and O–H groups in total. The van der Waals surface area contributed by atoms with E-state index in [9.17, 15) is 0 Å². The van der Waals surface area contributed by atoms with Crippen molar-refractivity contribution < 1.29 is 0 Å². The van der Waals surface area contributed by atoms with Crippen molar-refractivity contribution >= 4 is 0 Å². The van der Waals surface area contributed by atoms with E-state index in [4.69, 9.17) is 0 Å². The minimum absolute atomic E-state index is 0. The molecule has 0 aromatic rings. The van der Waals surface area contributed by atoms with Crippen LogP contribution in [0.5, 0.6) is 0 Å². The zero-order valence-corrected chi connectivity index (χ0v) is 7.58. The quantitative estimate of drug-likeness (QED) is 0.462. The number of hydrogen-bond acceptors (Lipinski definition) is 0. The Hall–Kier alpha value is 0. The van der Waals surface area contributed by atoms with Gasteiger partial charge in [-0.2, -0.15) is 0 Å². The van der Waals surface area contributed by atoms with Gasteiger partial charge >= 0.3 is 0 Å². The molecule has 0 saturated heterocycles. The Balaban J connectivity index is -0.0000000221. The molecule has 0 rings (SSSR count). The van der Waals surface area contributed by atoms with Gasteiger partial charge in [-0.1, -0.05) is 55.9 Å². The smallest absolute Gasteiger partial charge is 0.0500 e. The van der Waals surface area contributed by atoms with E-state index in [0.29, 0.717) is 0 Å². The van der Waals surface area contributed by atoms with Gasteiger partial charge in [0.05, 0.1) is 0 Å². The van der Waals surface area contributed by atoms with E-state index < -0.39 is 0 Å². The van der Waals surface area contributed by atoms with Crippen molar-refractivity contribution in [3.63, 3.8) is 0 Å². The highest BCUT2D eigenvalue weighted by Crippen LogP contribution is 1.81. The summed E-state index contributed by atoms with van der Waals surface area (Å²) in [6.45, 7) is 14.5. The molecule has 0 fully saturated rings. The van der Waals surface area contributed by atoms with Gasteiger partial charge in [-0.15, -0.1) is 0 Å². The van der Waals surface area contributed by atoms with Gasteiger partial charge in [0.1, 0.15) is 0 Å². The van der Waals surface area contributed by atoms with E-state index in [2.05, 4.69) is 20.8 Å². The summed E-state index contributed by atoms with van der Waals surface area (Å²) in [6, 6.07) is 0. The second kappa shape index (κ2) is 43.6. The molecule has 0 saturated carbocycles. The molecule has 0 aromatic carbocycles. The van der Waals surface area contributed by atoms with E-state index in [1.165, 1.54) is 0 Å². The molecule has 0 atom stereocenters. The summed E-state index contributed by atoms with van der Waals surface area (Å²) in [4.78, 5) is 0. The average Bonchev–Trinajstić information content (AvgIpc) is 1.75. The monoisotopic (exact) mass is 134 g/mol. The minimum atomic E-state index is 0. The molecule has 0 aliphatic heterocycles. The van der Waals surface area contributed by atoms with Crippen LogP contribution in [-0.4, -0.2) is 0 Å². The Morgan fingerprint density at radius 1 is 0.667 bits per heavy atom. The van der Waals surface area contributed by atoms with Gasteiger partial charge in [-0.3, -0.25) is 0 Å². The molecule has 0 heteroatoms. The normalized spacial score (nSPS) is 5.33. The summed E-state index contributed by atoms with van der Waals surface area (Å²) in [5, 5.41) is 0. The Morgan fingerprint density at radius 3 is 0.667 bits per heavy atom. The van der Waals surface area contributed by atoms with Crippen molar-refractivity contribution in [1.29, 1.82) is 0 Å². The standard InChI is InChI=1S/C4H10.2C2H6.CH4/c1-4(2)3;2*1-2;/h4H,1-3H3;2*1-2H3;1H4. The molecule has 0 bridgehead atoms. The second-order valence-electron chi connectivity index (χ2n) is 1.73. The van der Waals surface area contributed by atoms with Crippen molar-refractivity contribution in [3.8, 4) is 0 Å². The first-order valence-electron chi connectivity index (χ1n) is 3.73. The molecule has 0 radical (unpaired) electrons. The fraction of sp³-hybridized carbons (Fsp3) is 1.00. The summed E-state index contributed by atoms with van der Waals surface area (Å²) >= 11 is 0. The maximum atomic E-state index is 2.17. The predicted molar refractivity (Wildman–Crippen MR) is 49.9 cm³/mol. The third kappa shape index (κ3) is 0. The number of rotatable bonds is 0. The highest BCUT2D eigenvalue weighted by Gasteiger charge is 1.68. The van der Waals surface area contributed by atoms with Gasteiger partial charge in [0.15, 0.2) is 0 Å². The van der Waals surface area contributed by atoms with E-state index in [1.54, 1.807) is 0 Å². The average molecular weight is 134 g/mol. The largest absolute Gasteiger partial charge is 0.0776 e. The molecule has 0 spiro atoms. The third-order valence-corrected chi connectivity index (χ3v) is 0. The first-order chi connectivity index (χ1) is 3.73. The van der Waals surface area contributed by atoms with Crippen molar-refractivity contribution in [2.75, 3.05) is 0 Å². The first kappa shape index (κ1) is 23.0. The van der Waals surface area contributed by atoms with Crippen LogP contribution < -0.4 is 0 Å². The number of hydrogen-bond donors (Lipinski definition) is 0. The topological polar surface area (TPSA) is 0 Å². The molecule has 0 aromatic heterocycles. The van der Waals surface area contributed by atoms with Gasteiger partial charge in [-0.25, -0.2) is 0 Å². The van der Waals surface area contributed by atoms with Crippen LogP contribution in [-0.2, 0) is 0 Å². The summed E-state index contributed by atoms with van der Waals surface area (Å²) in [7, 11) is 0. The van der Waals surface area contributed by atoms with Crippen LogP contribution in [0, 0.1) is 5.92 Å². The van der Waals surface area contributed by atoms with E-state index in [0.717, 1.165) is 5.92 Å². The molecule has 0 heterocycles. The summed E-state index contributed by atoms with van der Waals surface area (Å²) < 4.78 is 0. The zero-order chi connectivity index (χ0) is 7.58. The predicted octanol–water partition coefficient (Wildman–Crippen LogP) is 4.35. The minimum Gasteiger partial charge on any atom is -0.0776 e. The lowest BCUT2D eigenvalue weighted by atomic mass is 10.3. The van der Waals surface area contributed by atoms with Gasteiger partial charge in [-0.05, 0) is 5.92 Å². The van der Waals surface area contributed by atoms with Crippen LogP contribution in [0.25, 0.3) is 0 Å². The summed E-state index contributed by atoms with van der Waals surface area (Å²) in [5.41, 5.74) is 0. The molecule has 62 valence electrons. The molecule has 0 aliphatic carbocycles. The van der Waals surface area contributed by atoms with Crippen LogP contribution >= 0.6 is 0 Å². The molecular formula is C9H26. The zero-order valence-electron chi connectivity index (χ0n) is 7.58. The Labute approximate surface area is 62.7 Å². The van der Waals surface area contributed by atoms with Gasteiger partial charge < -0.3 is 0 Å². The Bertz CT molecular complexity index is 4.75. The fourth-order valence-corrected chi connectivity index (χ4v) is 0. The molecule has 0 nitrogen and oxygen atoms in total. The van der Waals surface area contributed by atoms with Crippen LogP contribution in [0.3, 0.4) is 0 Å². The molecule has 0 unspecified atom stereocenters. The van der Waals surface area contributed by atoms with E-state index >= 15 is 0 Å². The van der Waals surface area contributed by atoms with Crippen LogP contribution in [0.2, 0.25) is 0 Å². The summed E-state index contributed by atoms with van der Waals surface area (Å²) in [5.74, 6) is 0.833. The highest BCUT2D eigenvalue weighted by molar-refractivity contribution is 4.20. The first-order valence-corrected chi connectivity index (χ1v) is 3.73. The van der Waals surface area contributed by atoms with Crippen molar-refractivity contribution in [1.82, 2.24) is 0 Å². The van der Waals surface area contributed by atoms with Crippen LogP contribution in [0.1, 0.15) is 55.9 Å². The van der Waals surface area contributed by atoms with Crippen molar-refractivity contribution in [2.45, 2.75) is 55.9 Å². The van der Waals surface area contributed by atoms with E-state index in [1.807, 2.05) is 27.7 Å². The van der Waals surface area contributed by atoms with Gasteiger partial charge in [0.25, 0.3) is 0 Å². The lowest BCUT2D eigenvalue weighted by Crippen LogP contribution is -1.66. The van der Waals surface area contributed by atoms with Gasteiger partial charge in [0, 0.05) is 0 Å². The van der Waals surface area contributed by atoms with Crippen molar-refractivity contribution in [2.24, 2.45) is 5.92 Å². The SMILES string of the molecule is C.CC.CC.CC(C)C. The Kier molecular flexibility index (Phi) is 112. The molecule has 0 aliphatic rings. The maximum absolute atomic E-state index is 2.17. The highest BCUT2D eigenvalue weighted by atomic mass is 13.7. The Morgan fingerprint density at radius 2 is 0.667 bits per heavy atom. The van der Waals surface area contributed by atoms with E-state index in [-0.39, 0.29) is 7.43 Å². The molecule has 0 amide bonds. The fourth-order valence-electron chi connectivity index (χ4n) is 0. The molecular weight excluding hydrogens is 108 g/mol.